The standard InChI is InChI=1S/C18H27N3O3S/c1-12(2)11-16(22)21-8-6-14(7-9-21)20-17(23)13(3)19-18(24)15-5-4-10-25-15/h4-5,10,12-14H,6-9,11H2,1-3H3,(H,19,24)(H,20,23)/t13-/m1/s1. The zero-order chi connectivity index (χ0) is 18.4. The van der Waals surface area contributed by atoms with Gasteiger partial charge in [-0.25, -0.2) is 0 Å². The van der Waals surface area contributed by atoms with Gasteiger partial charge in [-0.1, -0.05) is 19.9 Å². The van der Waals surface area contributed by atoms with Crippen molar-refractivity contribution in [2.45, 2.75) is 52.1 Å². The van der Waals surface area contributed by atoms with Gasteiger partial charge in [-0.05, 0) is 37.1 Å². The number of hydrogen-bond acceptors (Lipinski definition) is 4. The highest BCUT2D eigenvalue weighted by Crippen LogP contribution is 2.14. The van der Waals surface area contributed by atoms with Crippen LogP contribution < -0.4 is 10.6 Å². The van der Waals surface area contributed by atoms with Crippen LogP contribution in [0, 0.1) is 5.92 Å². The number of thiophene rings is 1. The van der Waals surface area contributed by atoms with Gasteiger partial charge in [-0.3, -0.25) is 14.4 Å². The molecule has 0 spiro atoms. The molecule has 1 aliphatic heterocycles. The molecule has 2 N–H and O–H groups in total. The predicted octanol–water partition coefficient (Wildman–Crippen LogP) is 2.02. The Labute approximate surface area is 153 Å². The minimum absolute atomic E-state index is 0.0525. The number of hydrogen-bond donors (Lipinski definition) is 2. The Bertz CT molecular complexity index is 593. The van der Waals surface area contributed by atoms with Gasteiger partial charge in [0.2, 0.25) is 11.8 Å². The van der Waals surface area contributed by atoms with Crippen molar-refractivity contribution in [1.29, 1.82) is 0 Å². The molecular formula is C18H27N3O3S. The highest BCUT2D eigenvalue weighted by Gasteiger charge is 2.26. The number of nitrogens with one attached hydrogen (secondary N) is 2. The average Bonchev–Trinajstić information content (AvgIpc) is 3.09. The molecule has 1 aromatic rings. The second kappa shape index (κ2) is 8.99. The van der Waals surface area contributed by atoms with Crippen LogP contribution in [-0.4, -0.2) is 47.8 Å². The summed E-state index contributed by atoms with van der Waals surface area (Å²) in [5.74, 6) is 0.137. The molecule has 1 atom stereocenters. The molecule has 0 saturated carbocycles. The van der Waals surface area contributed by atoms with Crippen molar-refractivity contribution in [3.05, 3.63) is 22.4 Å². The summed E-state index contributed by atoms with van der Waals surface area (Å²) in [7, 11) is 0. The predicted molar refractivity (Wildman–Crippen MR) is 98.4 cm³/mol. The van der Waals surface area contributed by atoms with E-state index < -0.39 is 6.04 Å². The summed E-state index contributed by atoms with van der Waals surface area (Å²) in [6.45, 7) is 7.11. The van der Waals surface area contributed by atoms with E-state index in [9.17, 15) is 14.4 Å². The first-order valence-electron chi connectivity index (χ1n) is 8.79. The van der Waals surface area contributed by atoms with Crippen molar-refractivity contribution >= 4 is 29.1 Å². The van der Waals surface area contributed by atoms with E-state index in [2.05, 4.69) is 10.6 Å². The molecule has 25 heavy (non-hydrogen) atoms. The molecule has 3 amide bonds. The van der Waals surface area contributed by atoms with Crippen LogP contribution in [0.4, 0.5) is 0 Å². The molecule has 0 aliphatic carbocycles. The number of piperidine rings is 1. The summed E-state index contributed by atoms with van der Waals surface area (Å²) in [6.07, 6.45) is 2.07. The van der Waals surface area contributed by atoms with Crippen LogP contribution in [0.5, 0.6) is 0 Å². The summed E-state index contributed by atoms with van der Waals surface area (Å²) in [5, 5.41) is 7.52. The number of rotatable bonds is 6. The normalized spacial score (nSPS) is 16.6. The van der Waals surface area contributed by atoms with E-state index in [-0.39, 0.29) is 23.8 Å². The summed E-state index contributed by atoms with van der Waals surface area (Å²) in [5.41, 5.74) is 0. The molecule has 7 heteroatoms. The van der Waals surface area contributed by atoms with Gasteiger partial charge in [0.05, 0.1) is 4.88 Å². The lowest BCUT2D eigenvalue weighted by Crippen LogP contribution is -2.51. The van der Waals surface area contributed by atoms with E-state index in [0.717, 1.165) is 12.8 Å². The first-order chi connectivity index (χ1) is 11.9. The van der Waals surface area contributed by atoms with Crippen LogP contribution in [-0.2, 0) is 9.59 Å². The van der Waals surface area contributed by atoms with Crippen molar-refractivity contribution in [3.63, 3.8) is 0 Å². The quantitative estimate of drug-likeness (QED) is 0.809. The Morgan fingerprint density at radius 3 is 2.48 bits per heavy atom. The Morgan fingerprint density at radius 1 is 1.24 bits per heavy atom. The SMILES string of the molecule is CC(C)CC(=O)N1CCC(NC(=O)[C@@H](C)NC(=O)c2cccs2)CC1. The molecule has 1 aliphatic rings. The molecule has 138 valence electrons. The van der Waals surface area contributed by atoms with Crippen LogP contribution in [0.2, 0.25) is 0 Å². The lowest BCUT2D eigenvalue weighted by Gasteiger charge is -2.33. The molecule has 1 saturated heterocycles. The van der Waals surface area contributed by atoms with E-state index in [1.165, 1.54) is 11.3 Å². The lowest BCUT2D eigenvalue weighted by atomic mass is 10.0. The average molecular weight is 365 g/mol. The third kappa shape index (κ3) is 5.85. The summed E-state index contributed by atoms with van der Waals surface area (Å²) < 4.78 is 0. The summed E-state index contributed by atoms with van der Waals surface area (Å²) in [4.78, 5) is 38.8. The molecule has 6 nitrogen and oxygen atoms in total. The van der Waals surface area contributed by atoms with Gasteiger partial charge in [0.1, 0.15) is 6.04 Å². The third-order valence-electron chi connectivity index (χ3n) is 4.26. The van der Waals surface area contributed by atoms with Gasteiger partial charge in [0.25, 0.3) is 5.91 Å². The highest BCUT2D eigenvalue weighted by atomic mass is 32.1. The van der Waals surface area contributed by atoms with Crippen molar-refractivity contribution in [3.8, 4) is 0 Å². The monoisotopic (exact) mass is 365 g/mol. The van der Waals surface area contributed by atoms with Crippen LogP contribution >= 0.6 is 11.3 Å². The third-order valence-corrected chi connectivity index (χ3v) is 5.13. The van der Waals surface area contributed by atoms with E-state index in [1.54, 1.807) is 19.1 Å². The zero-order valence-corrected chi connectivity index (χ0v) is 15.9. The molecule has 0 bridgehead atoms. The Balaban J connectivity index is 1.74. The van der Waals surface area contributed by atoms with Crippen LogP contribution in [0.15, 0.2) is 17.5 Å². The van der Waals surface area contributed by atoms with Gasteiger partial charge in [0.15, 0.2) is 0 Å². The maximum Gasteiger partial charge on any atom is 0.261 e. The van der Waals surface area contributed by atoms with Crippen molar-refractivity contribution in [2.75, 3.05) is 13.1 Å². The largest absolute Gasteiger partial charge is 0.351 e. The Hall–Kier alpha value is -1.89. The fraction of sp³-hybridized carbons (Fsp3) is 0.611. The van der Waals surface area contributed by atoms with Crippen LogP contribution in [0.25, 0.3) is 0 Å². The van der Waals surface area contributed by atoms with Gasteiger partial charge in [-0.15, -0.1) is 11.3 Å². The van der Waals surface area contributed by atoms with Crippen LogP contribution in [0.3, 0.4) is 0 Å². The minimum Gasteiger partial charge on any atom is -0.351 e. The number of likely N-dealkylation sites (tertiary alicyclic amines) is 1. The van der Waals surface area contributed by atoms with Crippen LogP contribution in [0.1, 0.15) is 49.7 Å². The number of carbonyl (C=O) groups excluding carboxylic acids is 3. The molecule has 0 unspecified atom stereocenters. The molecule has 0 aromatic carbocycles. The van der Waals surface area contributed by atoms with E-state index in [4.69, 9.17) is 0 Å². The fourth-order valence-corrected chi connectivity index (χ4v) is 3.45. The molecule has 2 rings (SSSR count). The topological polar surface area (TPSA) is 78.5 Å². The number of carbonyl (C=O) groups is 3. The lowest BCUT2D eigenvalue weighted by molar-refractivity contribution is -0.133. The molecule has 2 heterocycles. The van der Waals surface area contributed by atoms with Crippen molar-refractivity contribution in [1.82, 2.24) is 15.5 Å². The van der Waals surface area contributed by atoms with Crippen molar-refractivity contribution < 1.29 is 14.4 Å². The van der Waals surface area contributed by atoms with Gasteiger partial charge in [-0.2, -0.15) is 0 Å². The van der Waals surface area contributed by atoms with Gasteiger partial charge < -0.3 is 15.5 Å². The van der Waals surface area contributed by atoms with E-state index in [0.29, 0.717) is 30.3 Å². The molecular weight excluding hydrogens is 338 g/mol. The van der Waals surface area contributed by atoms with Crippen molar-refractivity contribution in [2.24, 2.45) is 5.92 Å². The first kappa shape index (κ1) is 19.4. The first-order valence-corrected chi connectivity index (χ1v) is 9.67. The number of nitrogens with zero attached hydrogens (tertiary/aromatic N) is 1. The molecule has 0 radical (unpaired) electrons. The summed E-state index contributed by atoms with van der Waals surface area (Å²) >= 11 is 1.35. The molecule has 1 fully saturated rings. The summed E-state index contributed by atoms with van der Waals surface area (Å²) in [6, 6.07) is 3.00. The maximum absolute atomic E-state index is 12.3. The number of amides is 3. The minimum atomic E-state index is -0.588. The Kier molecular flexibility index (Phi) is 6.99. The van der Waals surface area contributed by atoms with Gasteiger partial charge in [0, 0.05) is 25.6 Å². The van der Waals surface area contributed by atoms with E-state index >= 15 is 0 Å². The molecule has 1 aromatic heterocycles. The second-order valence-electron chi connectivity index (χ2n) is 6.93. The smallest absolute Gasteiger partial charge is 0.261 e. The zero-order valence-electron chi connectivity index (χ0n) is 15.1. The van der Waals surface area contributed by atoms with Gasteiger partial charge >= 0.3 is 0 Å². The Morgan fingerprint density at radius 2 is 1.92 bits per heavy atom. The second-order valence-corrected chi connectivity index (χ2v) is 7.88. The maximum atomic E-state index is 12.3. The fourth-order valence-electron chi connectivity index (χ4n) is 2.82. The highest BCUT2D eigenvalue weighted by molar-refractivity contribution is 7.12. The van der Waals surface area contributed by atoms with E-state index in [1.807, 2.05) is 24.1 Å².